The van der Waals surface area contributed by atoms with Gasteiger partial charge in [0.15, 0.2) is 0 Å². The molecule has 22 heavy (non-hydrogen) atoms. The van der Waals surface area contributed by atoms with Crippen molar-refractivity contribution in [2.24, 2.45) is 7.05 Å². The summed E-state index contributed by atoms with van der Waals surface area (Å²) in [5.74, 6) is 0. The third-order valence-corrected chi connectivity index (χ3v) is 4.15. The zero-order valence-electron chi connectivity index (χ0n) is 12.3. The van der Waals surface area contributed by atoms with Gasteiger partial charge < -0.3 is 9.67 Å². The molecule has 3 heteroatoms. The van der Waals surface area contributed by atoms with Crippen LogP contribution in [0, 0.1) is 0 Å². The summed E-state index contributed by atoms with van der Waals surface area (Å²) in [6, 6.07) is 20.4. The minimum absolute atomic E-state index is 0.0566. The van der Waals surface area contributed by atoms with Crippen LogP contribution in [0.3, 0.4) is 0 Å². The molecule has 0 aliphatic carbocycles. The van der Waals surface area contributed by atoms with Crippen molar-refractivity contribution >= 4 is 21.8 Å². The monoisotopic (exact) mass is 288 g/mol. The maximum atomic E-state index is 9.58. The van der Waals surface area contributed by atoms with Crippen LogP contribution in [-0.4, -0.2) is 14.7 Å². The lowest BCUT2D eigenvalue weighted by Gasteiger charge is -2.08. The highest BCUT2D eigenvalue weighted by Crippen LogP contribution is 2.34. The van der Waals surface area contributed by atoms with Crippen molar-refractivity contribution in [2.45, 2.75) is 6.61 Å². The van der Waals surface area contributed by atoms with E-state index in [1.165, 1.54) is 10.9 Å². The Hall–Kier alpha value is -2.65. The fourth-order valence-electron chi connectivity index (χ4n) is 3.13. The van der Waals surface area contributed by atoms with Crippen LogP contribution >= 0.6 is 0 Å². The topological polar surface area (TPSA) is 38.0 Å². The van der Waals surface area contributed by atoms with Crippen LogP contribution in [0.4, 0.5) is 0 Å². The first-order valence-corrected chi connectivity index (χ1v) is 7.33. The molecule has 3 nitrogen and oxygen atoms in total. The molecule has 2 aromatic heterocycles. The van der Waals surface area contributed by atoms with Gasteiger partial charge in [0.1, 0.15) is 0 Å². The fraction of sp³-hybridized carbons (Fsp3) is 0.105. The highest BCUT2D eigenvalue weighted by molar-refractivity contribution is 6.11. The third kappa shape index (κ3) is 1.83. The molecule has 2 aromatic carbocycles. The van der Waals surface area contributed by atoms with E-state index in [1.807, 2.05) is 36.4 Å². The molecule has 4 aromatic rings. The first-order chi connectivity index (χ1) is 10.8. The zero-order valence-corrected chi connectivity index (χ0v) is 12.3. The fourth-order valence-corrected chi connectivity index (χ4v) is 3.13. The summed E-state index contributed by atoms with van der Waals surface area (Å²) in [5.41, 5.74) is 4.95. The second-order valence-corrected chi connectivity index (χ2v) is 5.46. The van der Waals surface area contributed by atoms with E-state index in [4.69, 9.17) is 0 Å². The molecule has 0 aliphatic heterocycles. The SMILES string of the molecule is Cn1c2ccccc2c2cc(CO)nc(-c3ccccc3)c21. The van der Waals surface area contributed by atoms with Crippen LogP contribution in [0.2, 0.25) is 0 Å². The summed E-state index contributed by atoms with van der Waals surface area (Å²) in [7, 11) is 2.07. The van der Waals surface area contributed by atoms with E-state index in [-0.39, 0.29) is 6.61 Å². The van der Waals surface area contributed by atoms with Crippen molar-refractivity contribution < 1.29 is 5.11 Å². The van der Waals surface area contributed by atoms with E-state index in [0.717, 1.165) is 22.2 Å². The Balaban J connectivity index is 2.20. The van der Waals surface area contributed by atoms with Gasteiger partial charge in [0.2, 0.25) is 0 Å². The lowest BCUT2D eigenvalue weighted by molar-refractivity contribution is 0.277. The predicted molar refractivity (Wildman–Crippen MR) is 89.6 cm³/mol. The van der Waals surface area contributed by atoms with E-state index in [2.05, 4.69) is 40.9 Å². The number of aromatic nitrogens is 2. The summed E-state index contributed by atoms with van der Waals surface area (Å²) in [6.45, 7) is -0.0566. The second kappa shape index (κ2) is 4.97. The molecule has 0 unspecified atom stereocenters. The van der Waals surface area contributed by atoms with Gasteiger partial charge in [-0.05, 0) is 12.1 Å². The Morgan fingerprint density at radius 3 is 2.45 bits per heavy atom. The summed E-state index contributed by atoms with van der Waals surface area (Å²) < 4.78 is 2.18. The minimum atomic E-state index is -0.0566. The van der Waals surface area contributed by atoms with Crippen molar-refractivity contribution in [1.82, 2.24) is 9.55 Å². The Morgan fingerprint density at radius 2 is 1.68 bits per heavy atom. The molecule has 0 saturated heterocycles. The Bertz CT molecular complexity index is 971. The van der Waals surface area contributed by atoms with Crippen LogP contribution in [0.15, 0.2) is 60.7 Å². The zero-order chi connectivity index (χ0) is 15.1. The molecule has 0 amide bonds. The van der Waals surface area contributed by atoms with Crippen molar-refractivity contribution in [3.05, 3.63) is 66.4 Å². The van der Waals surface area contributed by atoms with Crippen molar-refractivity contribution in [1.29, 1.82) is 0 Å². The average molecular weight is 288 g/mol. The van der Waals surface area contributed by atoms with Crippen LogP contribution in [0.25, 0.3) is 33.1 Å². The van der Waals surface area contributed by atoms with Gasteiger partial charge in [0.05, 0.1) is 23.5 Å². The van der Waals surface area contributed by atoms with Gasteiger partial charge in [-0.3, -0.25) is 0 Å². The molecule has 0 bridgehead atoms. The van der Waals surface area contributed by atoms with E-state index >= 15 is 0 Å². The Labute approximate surface area is 128 Å². The lowest BCUT2D eigenvalue weighted by Crippen LogP contribution is -1.96. The molecule has 0 saturated carbocycles. The molecular weight excluding hydrogens is 272 g/mol. The summed E-state index contributed by atoms with van der Waals surface area (Å²) >= 11 is 0. The van der Waals surface area contributed by atoms with Crippen molar-refractivity contribution in [3.63, 3.8) is 0 Å². The first kappa shape index (κ1) is 13.0. The standard InChI is InChI=1S/C19H16N2O/c1-21-17-10-6-5-9-15(17)16-11-14(12-22)20-18(19(16)21)13-7-3-2-4-8-13/h2-11,22H,12H2,1H3. The summed E-state index contributed by atoms with van der Waals surface area (Å²) in [5, 5.41) is 11.9. The molecule has 0 atom stereocenters. The molecule has 0 radical (unpaired) electrons. The second-order valence-electron chi connectivity index (χ2n) is 5.46. The maximum Gasteiger partial charge on any atom is 0.0949 e. The highest BCUT2D eigenvalue weighted by Gasteiger charge is 2.15. The van der Waals surface area contributed by atoms with Gasteiger partial charge in [0, 0.05) is 28.9 Å². The summed E-state index contributed by atoms with van der Waals surface area (Å²) in [6.07, 6.45) is 0. The van der Waals surface area contributed by atoms with Gasteiger partial charge in [-0.15, -0.1) is 0 Å². The van der Waals surface area contributed by atoms with E-state index < -0.39 is 0 Å². The summed E-state index contributed by atoms with van der Waals surface area (Å²) in [4.78, 5) is 4.67. The molecule has 0 fully saturated rings. The molecular formula is C19H16N2O. The first-order valence-electron chi connectivity index (χ1n) is 7.33. The van der Waals surface area contributed by atoms with Gasteiger partial charge in [-0.25, -0.2) is 4.98 Å². The number of benzene rings is 2. The number of nitrogens with zero attached hydrogens (tertiary/aromatic N) is 2. The van der Waals surface area contributed by atoms with Crippen LogP contribution in [0.5, 0.6) is 0 Å². The number of fused-ring (bicyclic) bond motifs is 3. The van der Waals surface area contributed by atoms with E-state index in [0.29, 0.717) is 5.69 Å². The largest absolute Gasteiger partial charge is 0.390 e. The smallest absolute Gasteiger partial charge is 0.0949 e. The molecule has 108 valence electrons. The van der Waals surface area contributed by atoms with E-state index in [9.17, 15) is 5.11 Å². The normalized spacial score (nSPS) is 11.4. The Morgan fingerprint density at radius 1 is 0.955 bits per heavy atom. The van der Waals surface area contributed by atoms with E-state index in [1.54, 1.807) is 0 Å². The van der Waals surface area contributed by atoms with Crippen LogP contribution < -0.4 is 0 Å². The van der Waals surface area contributed by atoms with Gasteiger partial charge in [-0.1, -0.05) is 48.5 Å². The highest BCUT2D eigenvalue weighted by atomic mass is 16.3. The number of aliphatic hydroxyl groups excluding tert-OH is 1. The van der Waals surface area contributed by atoms with Gasteiger partial charge >= 0.3 is 0 Å². The van der Waals surface area contributed by atoms with Crippen molar-refractivity contribution in [2.75, 3.05) is 0 Å². The molecule has 4 rings (SSSR count). The number of aliphatic hydroxyl groups is 1. The number of hydrogen-bond donors (Lipinski definition) is 1. The molecule has 0 aliphatic rings. The molecule has 0 spiro atoms. The lowest BCUT2D eigenvalue weighted by atomic mass is 10.1. The third-order valence-electron chi connectivity index (χ3n) is 4.15. The predicted octanol–water partition coefficient (Wildman–Crippen LogP) is 3.89. The van der Waals surface area contributed by atoms with Crippen LogP contribution in [-0.2, 0) is 13.7 Å². The number of hydrogen-bond acceptors (Lipinski definition) is 2. The average Bonchev–Trinajstić information content (AvgIpc) is 2.88. The number of pyridine rings is 1. The number of para-hydroxylation sites is 1. The quantitative estimate of drug-likeness (QED) is 0.608. The minimum Gasteiger partial charge on any atom is -0.390 e. The molecule has 1 N–H and O–H groups in total. The number of rotatable bonds is 2. The van der Waals surface area contributed by atoms with Crippen molar-refractivity contribution in [3.8, 4) is 11.3 Å². The van der Waals surface area contributed by atoms with Crippen LogP contribution in [0.1, 0.15) is 5.69 Å². The number of aryl methyl sites for hydroxylation is 1. The maximum absolute atomic E-state index is 9.58. The van der Waals surface area contributed by atoms with Gasteiger partial charge in [0.25, 0.3) is 0 Å². The Kier molecular flexibility index (Phi) is 2.94. The van der Waals surface area contributed by atoms with Gasteiger partial charge in [-0.2, -0.15) is 0 Å². The molecule has 2 heterocycles.